The van der Waals surface area contributed by atoms with Gasteiger partial charge in [-0.15, -0.1) is 0 Å². The molecule has 0 aliphatic heterocycles. The third kappa shape index (κ3) is 6.04. The molecule has 5 heterocycles. The van der Waals surface area contributed by atoms with Gasteiger partial charge < -0.3 is 8.97 Å². The van der Waals surface area contributed by atoms with E-state index in [-0.39, 0.29) is 21.7 Å². The van der Waals surface area contributed by atoms with Crippen molar-refractivity contribution in [3.05, 3.63) is 201 Å². The Morgan fingerprint density at radius 2 is 0.797 bits per heavy atom. The second-order valence-corrected chi connectivity index (χ2v) is 20.4. The summed E-state index contributed by atoms with van der Waals surface area (Å²) in [6.07, 6.45) is 0. The van der Waals surface area contributed by atoms with E-state index in [0.717, 1.165) is 76.9 Å². The number of pyridine rings is 2. The number of benzene rings is 8. The van der Waals surface area contributed by atoms with Crippen LogP contribution in [0.25, 0.3) is 116 Å². The molecule has 8 heteroatoms. The van der Waals surface area contributed by atoms with Gasteiger partial charge in [-0.2, -0.15) is 9.97 Å². The quantitative estimate of drug-likeness (QED) is 0.130. The Hall–Kier alpha value is -8.49. The first kappa shape index (κ1) is 40.8. The average Bonchev–Trinajstić information content (AvgIpc) is 3.89. The SMILES string of the molecule is CC(C)(C)c1ccc2c(c1)c(=O)c1cc(-n3c4ccccc4c4ccc5c6ccccc6n(-c6nc(-c7ccccc7)nc(-c7ccccc7)n6)c5c43)cc3c(=O)c4cc(C(C)(C)C)ccc4n2c13. The van der Waals surface area contributed by atoms with Gasteiger partial charge in [0.1, 0.15) is 0 Å². The number of rotatable bonds is 4. The molecule has 0 saturated carbocycles. The third-order valence-electron chi connectivity index (χ3n) is 14.1. The molecule has 13 rings (SSSR count). The number of hydrogen-bond donors (Lipinski definition) is 0. The molecule has 8 nitrogen and oxygen atoms in total. The maximum absolute atomic E-state index is 15.4. The van der Waals surface area contributed by atoms with Gasteiger partial charge in [0.25, 0.3) is 0 Å². The molecule has 0 amide bonds. The van der Waals surface area contributed by atoms with E-state index < -0.39 is 0 Å². The Balaban J connectivity index is 1.21. The highest BCUT2D eigenvalue weighted by atomic mass is 16.1. The van der Waals surface area contributed by atoms with Crippen LogP contribution in [-0.2, 0) is 10.8 Å². The van der Waals surface area contributed by atoms with Crippen LogP contribution in [0.5, 0.6) is 0 Å². The largest absolute Gasteiger partial charge is 0.308 e. The summed E-state index contributed by atoms with van der Waals surface area (Å²) in [4.78, 5) is 46.4. The summed E-state index contributed by atoms with van der Waals surface area (Å²) in [6, 6.07) is 57.6. The highest BCUT2D eigenvalue weighted by Gasteiger charge is 2.27. The summed E-state index contributed by atoms with van der Waals surface area (Å²) < 4.78 is 6.56. The van der Waals surface area contributed by atoms with Crippen LogP contribution in [0.2, 0.25) is 0 Å². The fourth-order valence-electron chi connectivity index (χ4n) is 10.6. The lowest BCUT2D eigenvalue weighted by Crippen LogP contribution is -2.18. The number of hydrogen-bond acceptors (Lipinski definition) is 5. The van der Waals surface area contributed by atoms with Crippen molar-refractivity contribution in [2.75, 3.05) is 0 Å². The summed E-state index contributed by atoms with van der Waals surface area (Å²) in [6.45, 7) is 13.0. The fraction of sp³-hybridized carbons (Fsp3) is 0.131. The number of aromatic nitrogens is 6. The minimum atomic E-state index is -0.199. The summed E-state index contributed by atoms with van der Waals surface area (Å²) >= 11 is 0. The average molecular weight is 895 g/mol. The van der Waals surface area contributed by atoms with E-state index in [2.05, 4.69) is 140 Å². The van der Waals surface area contributed by atoms with Gasteiger partial charge in [-0.25, -0.2) is 4.98 Å². The van der Waals surface area contributed by atoms with E-state index in [4.69, 9.17) is 15.0 Å². The fourth-order valence-corrected chi connectivity index (χ4v) is 10.6. The van der Waals surface area contributed by atoms with Gasteiger partial charge in [-0.1, -0.05) is 163 Å². The molecule has 5 aromatic heterocycles. The van der Waals surface area contributed by atoms with Crippen molar-refractivity contribution in [3.63, 3.8) is 0 Å². The van der Waals surface area contributed by atoms with Crippen LogP contribution >= 0.6 is 0 Å². The molecule has 8 aromatic carbocycles. The molecule has 13 aromatic rings. The Labute approximate surface area is 396 Å². The molecule has 0 N–H and O–H groups in total. The van der Waals surface area contributed by atoms with Crippen molar-refractivity contribution in [2.24, 2.45) is 0 Å². The van der Waals surface area contributed by atoms with Crippen LogP contribution in [0.3, 0.4) is 0 Å². The first-order valence-corrected chi connectivity index (χ1v) is 23.5. The van der Waals surface area contributed by atoms with E-state index >= 15 is 9.59 Å². The van der Waals surface area contributed by atoms with Gasteiger partial charge in [-0.05, 0) is 70.5 Å². The minimum absolute atomic E-state index is 0.111. The number of nitrogens with zero attached hydrogens (tertiary/aromatic N) is 6. The van der Waals surface area contributed by atoms with Crippen molar-refractivity contribution in [2.45, 2.75) is 52.4 Å². The van der Waals surface area contributed by atoms with Crippen LogP contribution < -0.4 is 10.9 Å². The van der Waals surface area contributed by atoms with Crippen LogP contribution in [0.15, 0.2) is 179 Å². The van der Waals surface area contributed by atoms with Crippen molar-refractivity contribution < 1.29 is 0 Å². The van der Waals surface area contributed by atoms with Gasteiger partial charge in [0, 0.05) is 59.9 Å². The monoisotopic (exact) mass is 894 g/mol. The lowest BCUT2D eigenvalue weighted by Gasteiger charge is -2.22. The molecule has 0 radical (unpaired) electrons. The summed E-state index contributed by atoms with van der Waals surface area (Å²) in [5, 5.41) is 6.27. The Morgan fingerprint density at radius 3 is 1.28 bits per heavy atom. The second kappa shape index (κ2) is 14.5. The molecule has 0 aliphatic carbocycles. The van der Waals surface area contributed by atoms with E-state index in [1.165, 1.54) is 0 Å². The highest BCUT2D eigenvalue weighted by Crippen LogP contribution is 2.43. The van der Waals surface area contributed by atoms with Crippen molar-refractivity contribution in [3.8, 4) is 34.4 Å². The van der Waals surface area contributed by atoms with Gasteiger partial charge >= 0.3 is 0 Å². The predicted molar refractivity (Wildman–Crippen MR) is 284 cm³/mol. The Kier molecular flexibility index (Phi) is 8.57. The summed E-state index contributed by atoms with van der Waals surface area (Å²) in [5.74, 6) is 1.58. The smallest absolute Gasteiger partial charge is 0.238 e. The van der Waals surface area contributed by atoms with E-state index in [0.29, 0.717) is 50.3 Å². The first-order chi connectivity index (χ1) is 33.3. The topological polar surface area (TPSA) is 87.1 Å². The van der Waals surface area contributed by atoms with Crippen LogP contribution in [-0.4, -0.2) is 28.5 Å². The maximum Gasteiger partial charge on any atom is 0.238 e. The molecule has 0 saturated heterocycles. The lowest BCUT2D eigenvalue weighted by molar-refractivity contribution is 0.591. The maximum atomic E-state index is 15.4. The molecular weight excluding hydrogens is 849 g/mol. The molecule has 0 fully saturated rings. The zero-order valence-electron chi connectivity index (χ0n) is 39.2. The Morgan fingerprint density at radius 1 is 0.362 bits per heavy atom. The van der Waals surface area contributed by atoms with Crippen molar-refractivity contribution in [1.82, 2.24) is 28.5 Å². The predicted octanol–water partition coefficient (Wildman–Crippen LogP) is 13.9. The Bertz CT molecular complexity index is 4240. The molecule has 0 bridgehead atoms. The molecule has 0 unspecified atom stereocenters. The minimum Gasteiger partial charge on any atom is -0.308 e. The number of para-hydroxylation sites is 2. The first-order valence-electron chi connectivity index (χ1n) is 23.5. The molecular formula is C61H46N6O2. The van der Waals surface area contributed by atoms with E-state index in [1.807, 2.05) is 84.9 Å². The molecule has 69 heavy (non-hydrogen) atoms. The molecule has 0 aliphatic rings. The van der Waals surface area contributed by atoms with Gasteiger partial charge in [-0.3, -0.25) is 14.2 Å². The second-order valence-electron chi connectivity index (χ2n) is 20.4. The summed E-state index contributed by atoms with van der Waals surface area (Å²) in [7, 11) is 0. The number of fused-ring (bicyclic) bond motifs is 11. The standard InChI is InChI=1S/C61H46N6O2/c1-60(2,3)37-25-29-50-44(31-37)55(68)46-33-39(34-47-52(46)66(50)51-30-26-38(61(4,5)6)32-45(51)56(47)69)65-48-23-15-13-21-40(48)42-27-28-43-41-22-14-16-24-49(41)67(54(43)53(42)65)59-63-57(35-17-9-7-10-18-35)62-58(64-59)36-19-11-8-12-20-36/h7-34H,1-6H3. The van der Waals surface area contributed by atoms with Crippen LogP contribution in [0.4, 0.5) is 0 Å². The van der Waals surface area contributed by atoms with Crippen LogP contribution in [0.1, 0.15) is 52.7 Å². The van der Waals surface area contributed by atoms with Crippen molar-refractivity contribution in [1.29, 1.82) is 0 Å². The highest BCUT2D eigenvalue weighted by molar-refractivity contribution is 6.24. The lowest BCUT2D eigenvalue weighted by atomic mass is 9.85. The van der Waals surface area contributed by atoms with Crippen molar-refractivity contribution >= 4 is 81.7 Å². The van der Waals surface area contributed by atoms with Gasteiger partial charge in [0.15, 0.2) is 22.5 Å². The third-order valence-corrected chi connectivity index (χ3v) is 14.1. The molecule has 0 spiro atoms. The zero-order valence-corrected chi connectivity index (χ0v) is 39.2. The van der Waals surface area contributed by atoms with E-state index in [1.54, 1.807) is 0 Å². The van der Waals surface area contributed by atoms with Crippen LogP contribution in [0, 0.1) is 0 Å². The molecule has 332 valence electrons. The normalized spacial score (nSPS) is 12.6. The zero-order chi connectivity index (χ0) is 47.1. The summed E-state index contributed by atoms with van der Waals surface area (Å²) in [5.41, 5.74) is 9.77. The van der Waals surface area contributed by atoms with Gasteiger partial charge in [0.2, 0.25) is 5.95 Å². The molecule has 0 atom stereocenters. The van der Waals surface area contributed by atoms with E-state index in [9.17, 15) is 0 Å². The van der Waals surface area contributed by atoms with Gasteiger partial charge in [0.05, 0.1) is 38.6 Å².